The number of carbonyl (C=O) groups excluding carboxylic acids is 1. The molecule has 0 radical (unpaired) electrons. The maximum atomic E-state index is 11.7. The average Bonchev–Trinajstić information content (AvgIpc) is 2.58. The lowest BCUT2D eigenvalue weighted by Crippen LogP contribution is -2.29. The zero-order chi connectivity index (χ0) is 17.4. The molecule has 0 fully saturated rings. The number of nitrogens with two attached hydrogens (primary N) is 1. The number of methoxy groups -OCH3 is 1. The molecule has 2 rings (SSSR count). The van der Waals surface area contributed by atoms with Crippen molar-refractivity contribution < 1.29 is 14.3 Å². The summed E-state index contributed by atoms with van der Waals surface area (Å²) in [4.78, 5) is 11.7. The van der Waals surface area contributed by atoms with Gasteiger partial charge in [-0.3, -0.25) is 4.79 Å². The molecule has 0 aromatic heterocycles. The van der Waals surface area contributed by atoms with E-state index >= 15 is 0 Å². The van der Waals surface area contributed by atoms with E-state index in [2.05, 4.69) is 5.32 Å². The van der Waals surface area contributed by atoms with Gasteiger partial charge in [0, 0.05) is 19.0 Å². The molecule has 0 saturated carbocycles. The van der Waals surface area contributed by atoms with Crippen LogP contribution in [0.15, 0.2) is 48.5 Å². The van der Waals surface area contributed by atoms with E-state index in [1.165, 1.54) is 0 Å². The largest absolute Gasteiger partial charge is 0.493 e. The average molecular weight is 328 g/mol. The number of amides is 1. The van der Waals surface area contributed by atoms with Crippen LogP contribution in [-0.2, 0) is 17.9 Å². The zero-order valence-corrected chi connectivity index (χ0v) is 14.1. The smallest absolute Gasteiger partial charge is 0.221 e. The summed E-state index contributed by atoms with van der Waals surface area (Å²) in [7, 11) is 1.60. The Morgan fingerprint density at radius 1 is 1.12 bits per heavy atom. The lowest BCUT2D eigenvalue weighted by molar-refractivity contribution is -0.121. The maximum absolute atomic E-state index is 11.7. The van der Waals surface area contributed by atoms with Crippen molar-refractivity contribution >= 4 is 5.91 Å². The van der Waals surface area contributed by atoms with Crippen LogP contribution < -0.4 is 20.5 Å². The van der Waals surface area contributed by atoms with E-state index in [4.69, 9.17) is 15.2 Å². The Kier molecular flexibility index (Phi) is 6.63. The van der Waals surface area contributed by atoms with Gasteiger partial charge in [-0.25, -0.2) is 0 Å². The Morgan fingerprint density at radius 2 is 1.88 bits per heavy atom. The molecule has 0 aliphatic carbocycles. The lowest BCUT2D eigenvalue weighted by Gasteiger charge is -2.13. The molecule has 2 aromatic rings. The van der Waals surface area contributed by atoms with Crippen LogP contribution in [0.1, 0.15) is 24.5 Å². The van der Waals surface area contributed by atoms with Crippen LogP contribution >= 0.6 is 0 Å². The van der Waals surface area contributed by atoms with Gasteiger partial charge in [0.15, 0.2) is 11.5 Å². The third-order valence-corrected chi connectivity index (χ3v) is 3.46. The second kappa shape index (κ2) is 8.93. The molecule has 5 nitrogen and oxygen atoms in total. The number of hydrogen-bond donors (Lipinski definition) is 2. The summed E-state index contributed by atoms with van der Waals surface area (Å²) >= 11 is 0. The van der Waals surface area contributed by atoms with Crippen LogP contribution in [0.5, 0.6) is 11.5 Å². The first-order valence-electron chi connectivity index (χ1n) is 7.94. The molecule has 0 heterocycles. The normalized spacial score (nSPS) is 11.6. The summed E-state index contributed by atoms with van der Waals surface area (Å²) in [5.74, 6) is 1.25. The lowest BCUT2D eigenvalue weighted by atomic mass is 10.2. The predicted molar refractivity (Wildman–Crippen MR) is 93.9 cm³/mol. The first-order valence-corrected chi connectivity index (χ1v) is 7.94. The first kappa shape index (κ1) is 17.8. The number of ether oxygens (including phenoxy) is 2. The molecular weight excluding hydrogens is 304 g/mol. The Hall–Kier alpha value is -2.53. The van der Waals surface area contributed by atoms with Gasteiger partial charge in [-0.2, -0.15) is 0 Å². The van der Waals surface area contributed by atoms with Crippen LogP contribution in [0, 0.1) is 0 Å². The Morgan fingerprint density at radius 3 is 2.54 bits per heavy atom. The molecule has 0 aliphatic rings. The molecule has 0 aliphatic heterocycles. The molecule has 2 aromatic carbocycles. The van der Waals surface area contributed by atoms with Gasteiger partial charge in [0.05, 0.1) is 7.11 Å². The highest BCUT2D eigenvalue weighted by molar-refractivity contribution is 5.76. The fourth-order valence-corrected chi connectivity index (χ4v) is 2.24. The quantitative estimate of drug-likeness (QED) is 0.781. The number of rotatable bonds is 8. The molecule has 128 valence electrons. The molecule has 0 spiro atoms. The van der Waals surface area contributed by atoms with E-state index in [0.29, 0.717) is 31.1 Å². The van der Waals surface area contributed by atoms with Crippen molar-refractivity contribution in [3.63, 3.8) is 0 Å². The van der Waals surface area contributed by atoms with Crippen molar-refractivity contribution in [2.75, 3.05) is 7.11 Å². The van der Waals surface area contributed by atoms with Gasteiger partial charge in [-0.05, 0) is 30.2 Å². The van der Waals surface area contributed by atoms with Gasteiger partial charge in [0.2, 0.25) is 5.91 Å². The Balaban J connectivity index is 1.95. The summed E-state index contributed by atoms with van der Waals surface area (Å²) in [6, 6.07) is 15.4. The molecular formula is C19H24N2O3. The third-order valence-electron chi connectivity index (χ3n) is 3.46. The summed E-state index contributed by atoms with van der Waals surface area (Å²) in [5, 5.41) is 2.84. The van der Waals surface area contributed by atoms with E-state index in [9.17, 15) is 4.79 Å². The minimum Gasteiger partial charge on any atom is -0.493 e. The fourth-order valence-electron chi connectivity index (χ4n) is 2.24. The van der Waals surface area contributed by atoms with Gasteiger partial charge in [-0.1, -0.05) is 36.4 Å². The first-order chi connectivity index (χ1) is 11.6. The van der Waals surface area contributed by atoms with E-state index in [-0.39, 0.29) is 11.9 Å². The van der Waals surface area contributed by atoms with Crippen molar-refractivity contribution in [1.82, 2.24) is 5.32 Å². The molecule has 1 amide bonds. The molecule has 0 saturated heterocycles. The number of nitrogens with one attached hydrogen (secondary N) is 1. The van der Waals surface area contributed by atoms with Gasteiger partial charge >= 0.3 is 0 Å². The van der Waals surface area contributed by atoms with Crippen LogP contribution in [0.3, 0.4) is 0 Å². The van der Waals surface area contributed by atoms with Gasteiger partial charge in [-0.15, -0.1) is 0 Å². The second-order valence-corrected chi connectivity index (χ2v) is 5.72. The highest BCUT2D eigenvalue weighted by atomic mass is 16.5. The van der Waals surface area contributed by atoms with Gasteiger partial charge in [0.1, 0.15) is 6.61 Å². The number of hydrogen-bond acceptors (Lipinski definition) is 4. The fraction of sp³-hybridized carbons (Fsp3) is 0.316. The molecule has 1 unspecified atom stereocenters. The maximum Gasteiger partial charge on any atom is 0.221 e. The Labute approximate surface area is 142 Å². The van der Waals surface area contributed by atoms with E-state index in [1.54, 1.807) is 7.11 Å². The minimum atomic E-state index is -0.145. The number of carbonyl (C=O) groups is 1. The van der Waals surface area contributed by atoms with Crippen molar-refractivity contribution in [2.24, 2.45) is 5.73 Å². The number of benzene rings is 2. The van der Waals surface area contributed by atoms with Crippen molar-refractivity contribution in [1.29, 1.82) is 0 Å². The van der Waals surface area contributed by atoms with E-state index in [0.717, 1.165) is 11.1 Å². The summed E-state index contributed by atoms with van der Waals surface area (Å²) in [5.41, 5.74) is 7.64. The van der Waals surface area contributed by atoms with Crippen LogP contribution in [0.25, 0.3) is 0 Å². The van der Waals surface area contributed by atoms with Crippen molar-refractivity contribution in [3.05, 3.63) is 59.7 Å². The van der Waals surface area contributed by atoms with E-state index in [1.807, 2.05) is 55.5 Å². The Bertz CT molecular complexity index is 657. The summed E-state index contributed by atoms with van der Waals surface area (Å²) < 4.78 is 11.2. The third kappa shape index (κ3) is 5.59. The summed E-state index contributed by atoms with van der Waals surface area (Å²) in [6.07, 6.45) is 0.315. The molecule has 3 N–H and O–H groups in total. The van der Waals surface area contributed by atoms with Gasteiger partial charge < -0.3 is 20.5 Å². The second-order valence-electron chi connectivity index (χ2n) is 5.72. The zero-order valence-electron chi connectivity index (χ0n) is 14.1. The van der Waals surface area contributed by atoms with Crippen molar-refractivity contribution in [2.45, 2.75) is 32.5 Å². The van der Waals surface area contributed by atoms with Crippen LogP contribution in [-0.4, -0.2) is 19.1 Å². The minimum absolute atomic E-state index is 0.0617. The molecule has 5 heteroatoms. The van der Waals surface area contributed by atoms with E-state index < -0.39 is 0 Å². The van der Waals surface area contributed by atoms with Crippen LogP contribution in [0.4, 0.5) is 0 Å². The summed E-state index contributed by atoms with van der Waals surface area (Å²) in [6.45, 7) is 2.71. The molecule has 0 bridgehead atoms. The van der Waals surface area contributed by atoms with Crippen LogP contribution in [0.2, 0.25) is 0 Å². The standard InChI is InChI=1S/C19H24N2O3/c1-14(20)10-19(22)21-12-16-8-9-17(18(11-16)23-2)24-13-15-6-4-3-5-7-15/h3-9,11,14H,10,12-13,20H2,1-2H3,(H,21,22). The topological polar surface area (TPSA) is 73.6 Å². The monoisotopic (exact) mass is 328 g/mol. The highest BCUT2D eigenvalue weighted by Crippen LogP contribution is 2.28. The van der Waals surface area contributed by atoms with Gasteiger partial charge in [0.25, 0.3) is 0 Å². The van der Waals surface area contributed by atoms with Crippen molar-refractivity contribution in [3.8, 4) is 11.5 Å². The highest BCUT2D eigenvalue weighted by Gasteiger charge is 2.08. The SMILES string of the molecule is COc1cc(CNC(=O)CC(C)N)ccc1OCc1ccccc1. The predicted octanol–water partition coefficient (Wildman–Crippen LogP) is 2.63. The molecule has 24 heavy (non-hydrogen) atoms. The molecule has 1 atom stereocenters.